The normalized spacial score (nSPS) is 10.9. The number of ether oxygens (including phenoxy) is 1. The van der Waals surface area contributed by atoms with Crippen molar-refractivity contribution in [3.8, 4) is 12.3 Å². The van der Waals surface area contributed by atoms with Crippen LogP contribution >= 0.6 is 11.3 Å². The van der Waals surface area contributed by atoms with Crippen molar-refractivity contribution >= 4 is 23.2 Å². The van der Waals surface area contributed by atoms with Crippen LogP contribution in [-0.2, 0) is 16.0 Å². The standard InChI is InChI=1S/C18H25NO3S/c1-6-10-14-11-15(23-13(14)5)17(21)22-12-16(20)19-18(7-2,8-3)9-4/h2,11H,6,8-10,12H2,1,3-5H3,(H,19,20). The second-order valence-electron chi connectivity index (χ2n) is 5.50. The number of amides is 1. The van der Waals surface area contributed by atoms with E-state index in [0.29, 0.717) is 17.7 Å². The van der Waals surface area contributed by atoms with Crippen molar-refractivity contribution in [1.82, 2.24) is 5.32 Å². The molecule has 4 nitrogen and oxygen atoms in total. The fraction of sp³-hybridized carbons (Fsp3) is 0.556. The van der Waals surface area contributed by atoms with Gasteiger partial charge in [0.1, 0.15) is 10.4 Å². The van der Waals surface area contributed by atoms with Crippen LogP contribution in [0.4, 0.5) is 0 Å². The lowest BCUT2D eigenvalue weighted by Crippen LogP contribution is -2.48. The molecule has 0 atom stereocenters. The average Bonchev–Trinajstić information content (AvgIpc) is 2.92. The van der Waals surface area contributed by atoms with E-state index in [1.807, 2.05) is 26.8 Å². The fourth-order valence-corrected chi connectivity index (χ4v) is 3.28. The summed E-state index contributed by atoms with van der Waals surface area (Å²) in [7, 11) is 0. The summed E-state index contributed by atoms with van der Waals surface area (Å²) in [5, 5.41) is 2.77. The quantitative estimate of drug-likeness (QED) is 0.584. The number of carbonyl (C=O) groups is 2. The fourth-order valence-electron chi connectivity index (χ4n) is 2.31. The summed E-state index contributed by atoms with van der Waals surface area (Å²) in [4.78, 5) is 25.7. The molecule has 126 valence electrons. The molecule has 0 unspecified atom stereocenters. The predicted molar refractivity (Wildman–Crippen MR) is 93.6 cm³/mol. The van der Waals surface area contributed by atoms with Crippen LogP contribution in [0.5, 0.6) is 0 Å². The van der Waals surface area contributed by atoms with Gasteiger partial charge in [-0.1, -0.05) is 33.1 Å². The van der Waals surface area contributed by atoms with Gasteiger partial charge in [-0.3, -0.25) is 4.79 Å². The molecule has 0 aliphatic carbocycles. The zero-order valence-corrected chi connectivity index (χ0v) is 15.1. The molecule has 0 saturated carbocycles. The minimum atomic E-state index is -0.669. The SMILES string of the molecule is C#CC(CC)(CC)NC(=O)COC(=O)c1cc(CCC)c(C)s1. The Morgan fingerprint density at radius 2 is 2.00 bits per heavy atom. The highest BCUT2D eigenvalue weighted by molar-refractivity contribution is 7.14. The number of hydrogen-bond donors (Lipinski definition) is 1. The minimum absolute atomic E-state index is 0.317. The predicted octanol–water partition coefficient (Wildman–Crippen LogP) is 3.47. The average molecular weight is 335 g/mol. The highest BCUT2D eigenvalue weighted by Gasteiger charge is 2.26. The van der Waals surface area contributed by atoms with Gasteiger partial charge >= 0.3 is 5.97 Å². The van der Waals surface area contributed by atoms with E-state index in [4.69, 9.17) is 11.2 Å². The molecule has 0 radical (unpaired) electrons. The van der Waals surface area contributed by atoms with Gasteiger partial charge in [-0.05, 0) is 37.8 Å². The molecule has 0 aliphatic heterocycles. The summed E-state index contributed by atoms with van der Waals surface area (Å²) in [6, 6.07) is 1.85. The van der Waals surface area contributed by atoms with Crippen molar-refractivity contribution in [3.63, 3.8) is 0 Å². The first-order chi connectivity index (χ1) is 10.9. The van der Waals surface area contributed by atoms with Gasteiger partial charge in [-0.15, -0.1) is 17.8 Å². The number of terminal acetylenes is 1. The number of carbonyl (C=O) groups excluding carboxylic acids is 2. The summed E-state index contributed by atoms with van der Waals surface area (Å²) >= 11 is 1.40. The van der Waals surface area contributed by atoms with Crippen LogP contribution in [0.25, 0.3) is 0 Å². The third-order valence-electron chi connectivity index (χ3n) is 3.94. The number of nitrogens with one attached hydrogen (secondary N) is 1. The molecule has 0 aromatic carbocycles. The van der Waals surface area contributed by atoms with Crippen LogP contribution in [0.2, 0.25) is 0 Å². The molecule has 5 heteroatoms. The van der Waals surface area contributed by atoms with Gasteiger partial charge in [-0.25, -0.2) is 4.79 Å². The first kappa shape index (κ1) is 19.2. The Hall–Kier alpha value is -1.80. The molecule has 0 fully saturated rings. The smallest absolute Gasteiger partial charge is 0.348 e. The largest absolute Gasteiger partial charge is 0.451 e. The van der Waals surface area contributed by atoms with Crippen LogP contribution in [0.15, 0.2) is 6.07 Å². The molecule has 1 aromatic heterocycles. The zero-order chi connectivity index (χ0) is 17.5. The van der Waals surface area contributed by atoms with Gasteiger partial charge in [-0.2, -0.15) is 0 Å². The number of thiophene rings is 1. The van der Waals surface area contributed by atoms with E-state index in [0.717, 1.165) is 23.3 Å². The Labute approximate surface area is 142 Å². The molecular formula is C18H25NO3S. The number of esters is 1. The van der Waals surface area contributed by atoms with Crippen LogP contribution in [-0.4, -0.2) is 24.0 Å². The van der Waals surface area contributed by atoms with Gasteiger partial charge in [0.05, 0.1) is 0 Å². The minimum Gasteiger partial charge on any atom is -0.451 e. The molecular weight excluding hydrogens is 310 g/mol. The second kappa shape index (κ2) is 8.73. The first-order valence-corrected chi connectivity index (χ1v) is 8.78. The van der Waals surface area contributed by atoms with E-state index in [2.05, 4.69) is 18.2 Å². The molecule has 0 spiro atoms. The van der Waals surface area contributed by atoms with E-state index >= 15 is 0 Å². The van der Waals surface area contributed by atoms with Crippen LogP contribution in [0.1, 0.15) is 60.1 Å². The third kappa shape index (κ3) is 5.11. The van der Waals surface area contributed by atoms with E-state index in [1.54, 1.807) is 0 Å². The molecule has 1 aromatic rings. The number of hydrogen-bond acceptors (Lipinski definition) is 4. The summed E-state index contributed by atoms with van der Waals surface area (Å²) in [6.45, 7) is 7.60. The van der Waals surface area contributed by atoms with Crippen LogP contribution in [0.3, 0.4) is 0 Å². The van der Waals surface area contributed by atoms with Gasteiger partial charge < -0.3 is 10.1 Å². The van der Waals surface area contributed by atoms with Crippen LogP contribution < -0.4 is 5.32 Å². The molecule has 1 N–H and O–H groups in total. The zero-order valence-electron chi connectivity index (χ0n) is 14.3. The van der Waals surface area contributed by atoms with Gasteiger partial charge in [0.2, 0.25) is 0 Å². The van der Waals surface area contributed by atoms with Crippen molar-refractivity contribution in [3.05, 3.63) is 21.4 Å². The van der Waals surface area contributed by atoms with E-state index in [1.165, 1.54) is 11.3 Å². The van der Waals surface area contributed by atoms with E-state index < -0.39 is 11.5 Å². The summed E-state index contributed by atoms with van der Waals surface area (Å²) in [5.74, 6) is 1.78. The lowest BCUT2D eigenvalue weighted by Gasteiger charge is -2.26. The molecule has 0 saturated heterocycles. The lowest BCUT2D eigenvalue weighted by molar-refractivity contribution is -0.125. The lowest BCUT2D eigenvalue weighted by atomic mass is 9.94. The Morgan fingerprint density at radius 3 is 2.52 bits per heavy atom. The molecule has 0 aliphatic rings. The van der Waals surface area contributed by atoms with Crippen molar-refractivity contribution in [1.29, 1.82) is 0 Å². The second-order valence-corrected chi connectivity index (χ2v) is 6.76. The van der Waals surface area contributed by atoms with Crippen molar-refractivity contribution in [2.75, 3.05) is 6.61 Å². The third-order valence-corrected chi connectivity index (χ3v) is 5.01. The van der Waals surface area contributed by atoms with Crippen molar-refractivity contribution < 1.29 is 14.3 Å². The highest BCUT2D eigenvalue weighted by Crippen LogP contribution is 2.23. The Bertz CT molecular complexity index is 594. The maximum absolute atomic E-state index is 12.1. The van der Waals surface area contributed by atoms with Crippen LogP contribution in [0, 0.1) is 19.3 Å². The maximum Gasteiger partial charge on any atom is 0.348 e. The van der Waals surface area contributed by atoms with Gasteiger partial charge in [0.15, 0.2) is 6.61 Å². The molecule has 1 rings (SSSR count). The highest BCUT2D eigenvalue weighted by atomic mass is 32.1. The first-order valence-electron chi connectivity index (χ1n) is 7.96. The Morgan fingerprint density at radius 1 is 1.35 bits per heavy atom. The van der Waals surface area contributed by atoms with E-state index in [-0.39, 0.29) is 12.5 Å². The molecule has 23 heavy (non-hydrogen) atoms. The summed E-state index contributed by atoms with van der Waals surface area (Å²) < 4.78 is 5.11. The number of rotatable bonds is 8. The monoisotopic (exact) mass is 335 g/mol. The van der Waals surface area contributed by atoms with Crippen molar-refractivity contribution in [2.24, 2.45) is 0 Å². The maximum atomic E-state index is 12.1. The van der Waals surface area contributed by atoms with E-state index in [9.17, 15) is 9.59 Å². The van der Waals surface area contributed by atoms with Crippen molar-refractivity contribution in [2.45, 2.75) is 58.9 Å². The molecule has 0 bridgehead atoms. The summed E-state index contributed by atoms with van der Waals surface area (Å²) in [5.41, 5.74) is 0.495. The van der Waals surface area contributed by atoms with Gasteiger partial charge in [0, 0.05) is 4.88 Å². The Kier molecular flexibility index (Phi) is 7.31. The Balaban J connectivity index is 2.61. The molecule has 1 amide bonds. The molecule has 1 heterocycles. The summed E-state index contributed by atoms with van der Waals surface area (Å²) in [6.07, 6.45) is 8.72. The van der Waals surface area contributed by atoms with Gasteiger partial charge in [0.25, 0.3) is 5.91 Å². The number of aryl methyl sites for hydroxylation is 2. The topological polar surface area (TPSA) is 55.4 Å².